The Balaban J connectivity index is 1.95. The number of ether oxygens (including phenoxy) is 1. The largest absolute Gasteiger partial charge is 0.381 e. The van der Waals surface area contributed by atoms with E-state index in [-0.39, 0.29) is 0 Å². The van der Waals surface area contributed by atoms with E-state index in [0.717, 1.165) is 31.6 Å². The molecule has 2 saturated heterocycles. The Bertz CT molecular complexity index is 235. The second kappa shape index (κ2) is 6.36. The lowest BCUT2D eigenvalue weighted by atomic mass is 9.78. The number of hydrogen-bond donors (Lipinski definition) is 1. The van der Waals surface area contributed by atoms with Gasteiger partial charge in [0.15, 0.2) is 0 Å². The molecule has 2 unspecified atom stereocenters. The van der Waals surface area contributed by atoms with Crippen LogP contribution in [0.4, 0.5) is 0 Å². The molecule has 106 valence electrons. The lowest BCUT2D eigenvalue weighted by Crippen LogP contribution is -2.50. The summed E-state index contributed by atoms with van der Waals surface area (Å²) in [7, 11) is 2.08. The van der Waals surface area contributed by atoms with Gasteiger partial charge in [0.25, 0.3) is 0 Å². The van der Waals surface area contributed by atoms with Gasteiger partial charge in [0.1, 0.15) is 0 Å². The van der Waals surface area contributed by atoms with Gasteiger partial charge in [-0.05, 0) is 43.6 Å². The molecule has 2 fully saturated rings. The average molecular weight is 254 g/mol. The molecule has 2 aliphatic heterocycles. The maximum atomic E-state index is 5.56. The average Bonchev–Trinajstić information content (AvgIpc) is 2.28. The molecule has 18 heavy (non-hydrogen) atoms. The number of likely N-dealkylation sites (tertiary alicyclic amines) is 1. The Morgan fingerprint density at radius 1 is 1.17 bits per heavy atom. The van der Waals surface area contributed by atoms with Gasteiger partial charge in [0.05, 0.1) is 0 Å². The zero-order chi connectivity index (χ0) is 13.0. The molecule has 0 spiro atoms. The second-order valence-corrected chi connectivity index (χ2v) is 6.78. The molecule has 2 heterocycles. The molecule has 0 aromatic rings. The molecular weight excluding hydrogens is 224 g/mol. The molecule has 0 amide bonds. The molecule has 0 bridgehead atoms. The van der Waals surface area contributed by atoms with Crippen LogP contribution >= 0.6 is 0 Å². The minimum Gasteiger partial charge on any atom is -0.381 e. The van der Waals surface area contributed by atoms with Crippen LogP contribution in [0.1, 0.15) is 33.1 Å². The van der Waals surface area contributed by atoms with Crippen LogP contribution in [-0.2, 0) is 4.74 Å². The van der Waals surface area contributed by atoms with E-state index >= 15 is 0 Å². The smallest absolute Gasteiger partial charge is 0.0472 e. The van der Waals surface area contributed by atoms with Gasteiger partial charge in [-0.1, -0.05) is 13.8 Å². The highest BCUT2D eigenvalue weighted by Crippen LogP contribution is 2.33. The summed E-state index contributed by atoms with van der Waals surface area (Å²) in [6.07, 6.45) is 3.83. The van der Waals surface area contributed by atoms with Crippen molar-refractivity contribution in [1.82, 2.24) is 10.2 Å². The summed E-state index contributed by atoms with van der Waals surface area (Å²) in [6, 6.07) is 0. The minimum atomic E-state index is 0.448. The highest BCUT2D eigenvalue weighted by atomic mass is 16.5. The van der Waals surface area contributed by atoms with Crippen molar-refractivity contribution in [2.24, 2.45) is 17.3 Å². The highest BCUT2D eigenvalue weighted by molar-refractivity contribution is 4.88. The van der Waals surface area contributed by atoms with Gasteiger partial charge in [-0.3, -0.25) is 0 Å². The number of nitrogens with one attached hydrogen (secondary N) is 1. The first-order valence-corrected chi connectivity index (χ1v) is 7.58. The first-order valence-electron chi connectivity index (χ1n) is 7.58. The fourth-order valence-corrected chi connectivity index (χ4v) is 3.97. The standard InChI is InChI=1S/C15H30N2O/c1-13-8-14(2)10-17(9-13)12-15(11-16-3)4-6-18-7-5-15/h13-14,16H,4-12H2,1-3H3. The van der Waals surface area contributed by atoms with Gasteiger partial charge in [0.2, 0.25) is 0 Å². The Labute approximate surface area is 112 Å². The Morgan fingerprint density at radius 2 is 1.78 bits per heavy atom. The van der Waals surface area contributed by atoms with E-state index in [4.69, 9.17) is 4.74 Å². The van der Waals surface area contributed by atoms with Crippen LogP contribution in [0, 0.1) is 17.3 Å². The van der Waals surface area contributed by atoms with Gasteiger partial charge < -0.3 is 15.0 Å². The number of hydrogen-bond acceptors (Lipinski definition) is 3. The normalized spacial score (nSPS) is 33.5. The van der Waals surface area contributed by atoms with Crippen LogP contribution in [0.25, 0.3) is 0 Å². The van der Waals surface area contributed by atoms with Crippen molar-refractivity contribution in [3.8, 4) is 0 Å². The first-order chi connectivity index (χ1) is 8.63. The predicted octanol–water partition coefficient (Wildman–Crippen LogP) is 1.98. The van der Waals surface area contributed by atoms with E-state index < -0.39 is 0 Å². The summed E-state index contributed by atoms with van der Waals surface area (Å²) in [5.74, 6) is 1.72. The maximum absolute atomic E-state index is 5.56. The van der Waals surface area contributed by atoms with Crippen molar-refractivity contribution in [3.63, 3.8) is 0 Å². The zero-order valence-electron chi connectivity index (χ0n) is 12.4. The third-order valence-electron chi connectivity index (χ3n) is 4.61. The second-order valence-electron chi connectivity index (χ2n) is 6.78. The van der Waals surface area contributed by atoms with Crippen LogP contribution in [0.2, 0.25) is 0 Å². The van der Waals surface area contributed by atoms with Crippen molar-refractivity contribution >= 4 is 0 Å². The van der Waals surface area contributed by atoms with Gasteiger partial charge in [-0.25, -0.2) is 0 Å². The van der Waals surface area contributed by atoms with Gasteiger partial charge in [0, 0.05) is 39.4 Å². The molecule has 3 nitrogen and oxygen atoms in total. The molecule has 2 atom stereocenters. The van der Waals surface area contributed by atoms with Crippen molar-refractivity contribution in [2.75, 3.05) is 46.4 Å². The van der Waals surface area contributed by atoms with Crippen LogP contribution in [0.15, 0.2) is 0 Å². The van der Waals surface area contributed by atoms with E-state index in [9.17, 15) is 0 Å². The summed E-state index contributed by atoms with van der Waals surface area (Å²) < 4.78 is 5.56. The lowest BCUT2D eigenvalue weighted by Gasteiger charge is -2.44. The summed E-state index contributed by atoms with van der Waals surface area (Å²) in [5, 5.41) is 3.41. The number of rotatable bonds is 4. The zero-order valence-corrected chi connectivity index (χ0v) is 12.4. The molecule has 2 rings (SSSR count). The molecule has 0 aromatic heterocycles. The Kier molecular flexibility index (Phi) is 5.05. The summed E-state index contributed by atoms with van der Waals surface area (Å²) in [4.78, 5) is 2.71. The van der Waals surface area contributed by atoms with Crippen molar-refractivity contribution < 1.29 is 4.74 Å². The maximum Gasteiger partial charge on any atom is 0.0472 e. The molecule has 0 saturated carbocycles. The Morgan fingerprint density at radius 3 is 2.33 bits per heavy atom. The first kappa shape index (κ1) is 14.3. The van der Waals surface area contributed by atoms with Gasteiger partial charge in [-0.2, -0.15) is 0 Å². The summed E-state index contributed by atoms with van der Waals surface area (Å²) >= 11 is 0. The quantitative estimate of drug-likeness (QED) is 0.830. The van der Waals surface area contributed by atoms with Gasteiger partial charge >= 0.3 is 0 Å². The van der Waals surface area contributed by atoms with Crippen LogP contribution in [0.5, 0.6) is 0 Å². The van der Waals surface area contributed by atoms with E-state index in [1.54, 1.807) is 0 Å². The minimum absolute atomic E-state index is 0.448. The number of piperidine rings is 1. The monoisotopic (exact) mass is 254 g/mol. The Hall–Kier alpha value is -0.120. The van der Waals surface area contributed by atoms with Crippen molar-refractivity contribution in [3.05, 3.63) is 0 Å². The number of nitrogens with zero attached hydrogens (tertiary/aromatic N) is 1. The fourth-order valence-electron chi connectivity index (χ4n) is 3.97. The third kappa shape index (κ3) is 3.69. The van der Waals surface area contributed by atoms with Crippen molar-refractivity contribution in [1.29, 1.82) is 0 Å². The van der Waals surface area contributed by atoms with E-state index in [0.29, 0.717) is 5.41 Å². The molecule has 1 N–H and O–H groups in total. The van der Waals surface area contributed by atoms with E-state index in [1.165, 1.54) is 38.9 Å². The highest BCUT2D eigenvalue weighted by Gasteiger charge is 2.35. The molecule has 0 aromatic carbocycles. The van der Waals surface area contributed by atoms with E-state index in [2.05, 4.69) is 31.1 Å². The van der Waals surface area contributed by atoms with E-state index in [1.807, 2.05) is 0 Å². The molecule has 3 heteroatoms. The molecule has 0 radical (unpaired) electrons. The van der Waals surface area contributed by atoms with Crippen LogP contribution in [-0.4, -0.2) is 51.3 Å². The predicted molar refractivity (Wildman–Crippen MR) is 75.8 cm³/mol. The molecule has 2 aliphatic rings. The SMILES string of the molecule is CNCC1(CN2CC(C)CC(C)C2)CCOCC1. The third-order valence-corrected chi connectivity index (χ3v) is 4.61. The van der Waals surface area contributed by atoms with Crippen LogP contribution in [0.3, 0.4) is 0 Å². The fraction of sp³-hybridized carbons (Fsp3) is 1.00. The summed E-state index contributed by atoms with van der Waals surface area (Å²) in [5.41, 5.74) is 0.448. The molecular formula is C15H30N2O. The summed E-state index contributed by atoms with van der Waals surface area (Å²) in [6.45, 7) is 11.7. The van der Waals surface area contributed by atoms with Crippen molar-refractivity contribution in [2.45, 2.75) is 33.1 Å². The lowest BCUT2D eigenvalue weighted by molar-refractivity contribution is -0.0139. The molecule has 0 aliphatic carbocycles. The topological polar surface area (TPSA) is 24.5 Å². The van der Waals surface area contributed by atoms with Crippen LogP contribution < -0.4 is 5.32 Å². The van der Waals surface area contributed by atoms with Gasteiger partial charge in [-0.15, -0.1) is 0 Å².